The van der Waals surface area contributed by atoms with E-state index in [0.717, 1.165) is 61.7 Å². The second-order valence-electron chi connectivity index (χ2n) is 8.16. The fourth-order valence-electron chi connectivity index (χ4n) is 4.20. The first-order valence-electron chi connectivity index (χ1n) is 10.6. The lowest BCUT2D eigenvalue weighted by molar-refractivity contribution is -0.134. The molecule has 2 saturated heterocycles. The minimum Gasteiger partial charge on any atom is -0.351 e. The van der Waals surface area contributed by atoms with Crippen LogP contribution in [0.1, 0.15) is 43.7 Å². The zero-order chi connectivity index (χ0) is 19.6. The van der Waals surface area contributed by atoms with Crippen LogP contribution in [0.3, 0.4) is 0 Å². The Morgan fingerprint density at radius 2 is 1.90 bits per heavy atom. The molecule has 0 bridgehead atoms. The Balaban J connectivity index is 1.35. The van der Waals surface area contributed by atoms with Gasteiger partial charge in [0.2, 0.25) is 11.9 Å². The Morgan fingerprint density at radius 3 is 2.59 bits per heavy atom. The van der Waals surface area contributed by atoms with E-state index in [1.807, 2.05) is 23.2 Å². The molecule has 1 aliphatic carbocycles. The van der Waals surface area contributed by atoms with Gasteiger partial charge < -0.3 is 10.2 Å². The van der Waals surface area contributed by atoms with Crippen molar-refractivity contribution in [3.8, 4) is 11.1 Å². The Morgan fingerprint density at radius 1 is 1.10 bits per heavy atom. The summed E-state index contributed by atoms with van der Waals surface area (Å²) in [6.45, 7) is 2.39. The van der Waals surface area contributed by atoms with Crippen molar-refractivity contribution in [3.63, 3.8) is 0 Å². The number of nitrogens with one attached hydrogen (secondary N) is 3. The molecule has 1 atom stereocenters. The van der Waals surface area contributed by atoms with E-state index in [2.05, 4.69) is 26.1 Å². The van der Waals surface area contributed by atoms with Gasteiger partial charge >= 0.3 is 0 Å². The number of likely N-dealkylation sites (tertiary alicyclic amines) is 1. The van der Waals surface area contributed by atoms with Crippen LogP contribution >= 0.6 is 0 Å². The van der Waals surface area contributed by atoms with Crippen LogP contribution in [-0.2, 0) is 4.79 Å². The molecular formula is C21H27N7O. The summed E-state index contributed by atoms with van der Waals surface area (Å²) >= 11 is 0. The van der Waals surface area contributed by atoms with Crippen molar-refractivity contribution in [2.75, 3.05) is 25.0 Å². The molecule has 4 heterocycles. The van der Waals surface area contributed by atoms with E-state index >= 15 is 0 Å². The van der Waals surface area contributed by atoms with E-state index in [1.165, 1.54) is 12.8 Å². The van der Waals surface area contributed by atoms with E-state index in [1.54, 1.807) is 12.4 Å². The van der Waals surface area contributed by atoms with Gasteiger partial charge in [-0.2, -0.15) is 0 Å². The van der Waals surface area contributed by atoms with E-state index in [0.29, 0.717) is 12.0 Å². The van der Waals surface area contributed by atoms with Gasteiger partial charge in [-0.05, 0) is 49.8 Å². The van der Waals surface area contributed by atoms with Crippen LogP contribution in [0.15, 0.2) is 30.7 Å². The predicted molar refractivity (Wildman–Crippen MR) is 110 cm³/mol. The number of hydrogen-bond acceptors (Lipinski definition) is 7. The highest BCUT2D eigenvalue weighted by Crippen LogP contribution is 2.35. The van der Waals surface area contributed by atoms with E-state index in [9.17, 15) is 4.79 Å². The smallest absolute Gasteiger partial charge is 0.241 e. The standard InChI is InChI=1S/C21H27N7O/c29-20(18-5-10-24-27-18)28-11-6-15(7-12-28)19-17(14-3-8-22-9-4-14)13-23-21(26-19)25-16-1-2-16/h3-4,8-9,13,15-16,18,24,27H,1-2,5-7,10-12H2,(H,23,25,26). The average Bonchev–Trinajstić information content (AvgIpc) is 3.42. The summed E-state index contributed by atoms with van der Waals surface area (Å²) in [5.74, 6) is 1.25. The quantitative estimate of drug-likeness (QED) is 0.711. The number of carbonyl (C=O) groups is 1. The van der Waals surface area contributed by atoms with Crippen molar-refractivity contribution in [2.24, 2.45) is 0 Å². The molecule has 8 heteroatoms. The highest BCUT2D eigenvalue weighted by molar-refractivity contribution is 5.82. The van der Waals surface area contributed by atoms with Gasteiger partial charge in [0.25, 0.3) is 0 Å². The van der Waals surface area contributed by atoms with Gasteiger partial charge in [0.05, 0.1) is 5.69 Å². The summed E-state index contributed by atoms with van der Waals surface area (Å²) in [7, 11) is 0. The van der Waals surface area contributed by atoms with Gasteiger partial charge in [-0.25, -0.2) is 15.4 Å². The number of rotatable bonds is 5. The highest BCUT2D eigenvalue weighted by Gasteiger charge is 2.32. The molecule has 0 radical (unpaired) electrons. The van der Waals surface area contributed by atoms with Crippen LogP contribution in [0.2, 0.25) is 0 Å². The summed E-state index contributed by atoms with van der Waals surface area (Å²) < 4.78 is 0. The molecule has 1 saturated carbocycles. The van der Waals surface area contributed by atoms with Crippen LogP contribution in [0.4, 0.5) is 5.95 Å². The maximum absolute atomic E-state index is 12.7. The number of anilines is 1. The number of carbonyl (C=O) groups excluding carboxylic acids is 1. The van der Waals surface area contributed by atoms with Crippen molar-refractivity contribution < 1.29 is 4.79 Å². The third-order valence-corrected chi connectivity index (χ3v) is 6.05. The van der Waals surface area contributed by atoms with Gasteiger partial charge in [-0.3, -0.25) is 15.2 Å². The lowest BCUT2D eigenvalue weighted by Crippen LogP contribution is -2.48. The Hall–Kier alpha value is -2.58. The number of nitrogens with zero attached hydrogens (tertiary/aromatic N) is 4. The number of hydrazine groups is 1. The molecule has 1 amide bonds. The third-order valence-electron chi connectivity index (χ3n) is 6.05. The monoisotopic (exact) mass is 393 g/mol. The molecule has 2 aliphatic heterocycles. The predicted octanol–water partition coefficient (Wildman–Crippen LogP) is 1.69. The first-order chi connectivity index (χ1) is 14.3. The molecule has 0 spiro atoms. The minimum atomic E-state index is -0.0904. The number of piperidine rings is 1. The molecule has 3 fully saturated rings. The molecule has 8 nitrogen and oxygen atoms in total. The summed E-state index contributed by atoms with van der Waals surface area (Å²) in [6, 6.07) is 4.44. The number of hydrogen-bond donors (Lipinski definition) is 3. The van der Waals surface area contributed by atoms with Crippen molar-refractivity contribution >= 4 is 11.9 Å². The zero-order valence-electron chi connectivity index (χ0n) is 16.5. The maximum Gasteiger partial charge on any atom is 0.241 e. The van der Waals surface area contributed by atoms with Gasteiger partial charge in [0.15, 0.2) is 0 Å². The van der Waals surface area contributed by atoms with Crippen LogP contribution in [0.25, 0.3) is 11.1 Å². The average molecular weight is 393 g/mol. The molecule has 2 aromatic rings. The van der Waals surface area contributed by atoms with Crippen molar-refractivity contribution in [3.05, 3.63) is 36.4 Å². The molecular weight excluding hydrogens is 366 g/mol. The van der Waals surface area contributed by atoms with E-state index < -0.39 is 0 Å². The van der Waals surface area contributed by atoms with Gasteiger partial charge in [-0.1, -0.05) is 0 Å². The van der Waals surface area contributed by atoms with E-state index in [4.69, 9.17) is 4.98 Å². The topological polar surface area (TPSA) is 95.1 Å². The lowest BCUT2D eigenvalue weighted by atomic mass is 9.89. The summed E-state index contributed by atoms with van der Waals surface area (Å²) in [6.07, 6.45) is 10.6. The van der Waals surface area contributed by atoms with Crippen LogP contribution in [0.5, 0.6) is 0 Å². The molecule has 5 rings (SSSR count). The SMILES string of the molecule is O=C(C1CCNN1)N1CCC(c2nc(NC3CC3)ncc2-c2ccncc2)CC1. The Kier molecular flexibility index (Phi) is 5.12. The first-order valence-corrected chi connectivity index (χ1v) is 10.6. The first kappa shape index (κ1) is 18.4. The lowest BCUT2D eigenvalue weighted by Gasteiger charge is -2.34. The second kappa shape index (κ2) is 8.04. The fraction of sp³-hybridized carbons (Fsp3) is 0.524. The minimum absolute atomic E-state index is 0.0904. The highest BCUT2D eigenvalue weighted by atomic mass is 16.2. The fourth-order valence-corrected chi connectivity index (χ4v) is 4.20. The van der Waals surface area contributed by atoms with Crippen molar-refractivity contribution in [1.29, 1.82) is 0 Å². The largest absolute Gasteiger partial charge is 0.351 e. The van der Waals surface area contributed by atoms with Crippen LogP contribution in [-0.4, -0.2) is 57.5 Å². The Bertz CT molecular complexity index is 857. The summed E-state index contributed by atoms with van der Waals surface area (Å²) in [4.78, 5) is 28.3. The van der Waals surface area contributed by atoms with Crippen molar-refractivity contribution in [2.45, 2.75) is 50.1 Å². The number of pyridine rings is 1. The van der Waals surface area contributed by atoms with Gasteiger partial charge in [0.1, 0.15) is 6.04 Å². The number of amides is 1. The summed E-state index contributed by atoms with van der Waals surface area (Å²) in [5.41, 5.74) is 9.38. The molecule has 0 aromatic carbocycles. The van der Waals surface area contributed by atoms with Crippen molar-refractivity contribution in [1.82, 2.24) is 30.7 Å². The molecule has 152 valence electrons. The van der Waals surface area contributed by atoms with Crippen LogP contribution in [0, 0.1) is 0 Å². The molecule has 3 aliphatic rings. The van der Waals surface area contributed by atoms with Gasteiger partial charge in [-0.15, -0.1) is 0 Å². The Labute approximate surface area is 170 Å². The van der Waals surface area contributed by atoms with Gasteiger partial charge in [0, 0.05) is 55.7 Å². The third kappa shape index (κ3) is 4.09. The van der Waals surface area contributed by atoms with Crippen LogP contribution < -0.4 is 16.2 Å². The molecule has 2 aromatic heterocycles. The second-order valence-corrected chi connectivity index (χ2v) is 8.16. The molecule has 1 unspecified atom stereocenters. The summed E-state index contributed by atoms with van der Waals surface area (Å²) in [5, 5.41) is 3.42. The molecule has 3 N–H and O–H groups in total. The van der Waals surface area contributed by atoms with E-state index in [-0.39, 0.29) is 11.9 Å². The normalized spacial score (nSPS) is 22.6. The maximum atomic E-state index is 12.7. The number of aromatic nitrogens is 3. The molecule has 29 heavy (non-hydrogen) atoms. The zero-order valence-corrected chi connectivity index (χ0v) is 16.5.